The summed E-state index contributed by atoms with van der Waals surface area (Å²) in [6.07, 6.45) is 7.04. The van der Waals surface area contributed by atoms with Crippen LogP contribution in [0.5, 0.6) is 5.75 Å². The number of para-hydroxylation sites is 1. The van der Waals surface area contributed by atoms with Gasteiger partial charge >= 0.3 is 0 Å². The number of alkyl halides is 1. The van der Waals surface area contributed by atoms with Crippen LogP contribution in [0.2, 0.25) is 0 Å². The second kappa shape index (κ2) is 5.90. The quantitative estimate of drug-likeness (QED) is 0.765. The normalized spacial score (nSPS) is 24.4. The van der Waals surface area contributed by atoms with E-state index in [0.29, 0.717) is 12.2 Å². The van der Waals surface area contributed by atoms with Gasteiger partial charge in [-0.1, -0.05) is 25.0 Å². The number of benzene rings is 1. The fourth-order valence-electron chi connectivity index (χ4n) is 3.40. The van der Waals surface area contributed by atoms with Gasteiger partial charge in [0.15, 0.2) is 11.6 Å². The lowest BCUT2D eigenvalue weighted by atomic mass is 9.98. The highest BCUT2D eigenvalue weighted by Crippen LogP contribution is 2.43. The Morgan fingerprint density at radius 2 is 2.10 bits per heavy atom. The highest BCUT2D eigenvalue weighted by atomic mass is 35.5. The summed E-state index contributed by atoms with van der Waals surface area (Å²) in [6, 6.07) is 4.85. The second-order valence-corrected chi connectivity index (χ2v) is 6.11. The van der Waals surface area contributed by atoms with E-state index in [4.69, 9.17) is 21.1 Å². The molecule has 3 rings (SSSR count). The zero-order valence-electron chi connectivity index (χ0n) is 11.5. The Labute approximate surface area is 124 Å². The zero-order chi connectivity index (χ0) is 14.0. The van der Waals surface area contributed by atoms with Gasteiger partial charge in [-0.2, -0.15) is 0 Å². The molecule has 1 aromatic rings. The summed E-state index contributed by atoms with van der Waals surface area (Å²) in [5.41, 5.74) is 0.790. The lowest BCUT2D eigenvalue weighted by Crippen LogP contribution is -2.27. The molecule has 1 saturated heterocycles. The molecule has 1 saturated carbocycles. The maximum absolute atomic E-state index is 13.8. The summed E-state index contributed by atoms with van der Waals surface area (Å²) in [6.45, 7) is 0.409. The van der Waals surface area contributed by atoms with Crippen molar-refractivity contribution in [2.75, 3.05) is 6.61 Å². The third-order valence-corrected chi connectivity index (χ3v) is 4.75. The summed E-state index contributed by atoms with van der Waals surface area (Å²) in [5, 5.41) is 0. The van der Waals surface area contributed by atoms with Crippen molar-refractivity contribution >= 4 is 11.6 Å². The molecule has 2 nitrogen and oxygen atoms in total. The molecule has 0 aromatic heterocycles. The van der Waals surface area contributed by atoms with Crippen LogP contribution in [0.25, 0.3) is 0 Å². The first kappa shape index (κ1) is 14.2. The summed E-state index contributed by atoms with van der Waals surface area (Å²) < 4.78 is 25.6. The fraction of sp³-hybridized carbons (Fsp3) is 0.625. The molecule has 2 fully saturated rings. The van der Waals surface area contributed by atoms with Crippen molar-refractivity contribution in [3.8, 4) is 5.75 Å². The van der Waals surface area contributed by atoms with Crippen molar-refractivity contribution in [3.63, 3.8) is 0 Å². The average molecular weight is 299 g/mol. The van der Waals surface area contributed by atoms with Gasteiger partial charge in [0, 0.05) is 5.56 Å². The van der Waals surface area contributed by atoms with Crippen LogP contribution in [-0.4, -0.2) is 18.3 Å². The van der Waals surface area contributed by atoms with Crippen LogP contribution in [0, 0.1) is 5.82 Å². The van der Waals surface area contributed by atoms with Crippen LogP contribution in [-0.2, 0) is 10.6 Å². The van der Waals surface area contributed by atoms with Gasteiger partial charge in [0.25, 0.3) is 0 Å². The Hall–Kier alpha value is -0.800. The van der Waals surface area contributed by atoms with Gasteiger partial charge in [-0.3, -0.25) is 0 Å². The molecule has 0 N–H and O–H groups in total. The van der Waals surface area contributed by atoms with Crippen LogP contribution in [0.3, 0.4) is 0 Å². The molecular weight excluding hydrogens is 279 g/mol. The number of hydrogen-bond donors (Lipinski definition) is 0. The van der Waals surface area contributed by atoms with Gasteiger partial charge in [0.2, 0.25) is 0 Å². The molecule has 1 unspecified atom stereocenters. The van der Waals surface area contributed by atoms with Crippen LogP contribution in [0.15, 0.2) is 18.2 Å². The monoisotopic (exact) mass is 298 g/mol. The second-order valence-electron chi connectivity index (χ2n) is 5.84. The molecule has 1 heterocycles. The fourth-order valence-corrected chi connectivity index (χ4v) is 3.61. The minimum absolute atomic E-state index is 0.0795. The molecule has 0 amide bonds. The molecule has 1 atom stereocenters. The van der Waals surface area contributed by atoms with Crippen molar-refractivity contribution in [2.24, 2.45) is 0 Å². The van der Waals surface area contributed by atoms with E-state index in [9.17, 15) is 4.39 Å². The summed E-state index contributed by atoms with van der Waals surface area (Å²) in [7, 11) is 0. The lowest BCUT2D eigenvalue weighted by molar-refractivity contribution is -0.0512. The third-order valence-electron chi connectivity index (χ3n) is 4.46. The summed E-state index contributed by atoms with van der Waals surface area (Å²) >= 11 is 5.82. The molecular formula is C16H20ClFO2. The standard InChI is InChI=1S/C16H20ClFO2/c17-10-12-4-3-5-14(18)15(12)19-11-13-6-9-16(20-13)7-1-2-8-16/h3-5,13H,1-2,6-11H2. The van der Waals surface area contributed by atoms with Crippen LogP contribution >= 0.6 is 11.6 Å². The summed E-state index contributed by atoms with van der Waals surface area (Å²) in [4.78, 5) is 0. The third kappa shape index (κ3) is 2.79. The average Bonchev–Trinajstić information content (AvgIpc) is 3.08. The molecule has 2 aliphatic rings. The van der Waals surface area contributed by atoms with E-state index in [1.54, 1.807) is 12.1 Å². The van der Waals surface area contributed by atoms with Crippen LogP contribution in [0.1, 0.15) is 44.1 Å². The van der Waals surface area contributed by atoms with E-state index in [-0.39, 0.29) is 29.2 Å². The van der Waals surface area contributed by atoms with E-state index in [1.807, 2.05) is 0 Å². The van der Waals surface area contributed by atoms with Crippen molar-refractivity contribution in [2.45, 2.75) is 56.1 Å². The Balaban J connectivity index is 1.60. The van der Waals surface area contributed by atoms with Crippen molar-refractivity contribution in [1.29, 1.82) is 0 Å². The number of ether oxygens (including phenoxy) is 2. The largest absolute Gasteiger partial charge is 0.487 e. The van der Waals surface area contributed by atoms with Crippen molar-refractivity contribution < 1.29 is 13.9 Å². The van der Waals surface area contributed by atoms with E-state index < -0.39 is 0 Å². The first-order chi connectivity index (χ1) is 9.72. The molecule has 1 spiro atoms. The molecule has 0 radical (unpaired) electrons. The first-order valence-electron chi connectivity index (χ1n) is 7.36. The molecule has 1 aliphatic carbocycles. The van der Waals surface area contributed by atoms with Gasteiger partial charge in [-0.15, -0.1) is 11.6 Å². The highest BCUT2D eigenvalue weighted by Gasteiger charge is 2.42. The number of halogens is 2. The van der Waals surface area contributed by atoms with Gasteiger partial charge in [0.05, 0.1) is 17.6 Å². The Morgan fingerprint density at radius 3 is 2.85 bits per heavy atom. The van der Waals surface area contributed by atoms with E-state index >= 15 is 0 Å². The van der Waals surface area contributed by atoms with Gasteiger partial charge in [-0.25, -0.2) is 4.39 Å². The Morgan fingerprint density at radius 1 is 1.30 bits per heavy atom. The van der Waals surface area contributed by atoms with Crippen molar-refractivity contribution in [1.82, 2.24) is 0 Å². The minimum atomic E-state index is -0.350. The smallest absolute Gasteiger partial charge is 0.165 e. The Bertz CT molecular complexity index is 472. The molecule has 4 heteroatoms. The predicted molar refractivity (Wildman–Crippen MR) is 76.8 cm³/mol. The minimum Gasteiger partial charge on any atom is -0.487 e. The maximum Gasteiger partial charge on any atom is 0.165 e. The topological polar surface area (TPSA) is 18.5 Å². The number of hydrogen-bond acceptors (Lipinski definition) is 2. The Kier molecular flexibility index (Phi) is 4.18. The van der Waals surface area contributed by atoms with Crippen molar-refractivity contribution in [3.05, 3.63) is 29.6 Å². The van der Waals surface area contributed by atoms with Gasteiger partial charge in [0.1, 0.15) is 6.61 Å². The molecule has 20 heavy (non-hydrogen) atoms. The van der Waals surface area contributed by atoms with E-state index in [1.165, 1.54) is 18.9 Å². The van der Waals surface area contributed by atoms with Crippen LogP contribution in [0.4, 0.5) is 4.39 Å². The van der Waals surface area contributed by atoms with Gasteiger partial charge < -0.3 is 9.47 Å². The lowest BCUT2D eigenvalue weighted by Gasteiger charge is -2.24. The number of rotatable bonds is 4. The predicted octanol–water partition coefficient (Wildman–Crippen LogP) is 4.44. The maximum atomic E-state index is 13.8. The highest BCUT2D eigenvalue weighted by molar-refractivity contribution is 6.17. The molecule has 0 bridgehead atoms. The van der Waals surface area contributed by atoms with Gasteiger partial charge in [-0.05, 0) is 31.7 Å². The molecule has 1 aliphatic heterocycles. The van der Waals surface area contributed by atoms with E-state index in [0.717, 1.165) is 25.7 Å². The molecule has 110 valence electrons. The first-order valence-corrected chi connectivity index (χ1v) is 7.90. The zero-order valence-corrected chi connectivity index (χ0v) is 12.3. The summed E-state index contributed by atoms with van der Waals surface area (Å²) in [5.74, 6) is 0.179. The van der Waals surface area contributed by atoms with E-state index in [2.05, 4.69) is 0 Å². The SMILES string of the molecule is Fc1cccc(CCl)c1OCC1CCC2(CCCC2)O1. The molecule has 1 aromatic carbocycles. The van der Waals surface area contributed by atoms with Crippen LogP contribution < -0.4 is 4.74 Å².